The number of ether oxygens (including phenoxy) is 2. The highest BCUT2D eigenvalue weighted by Crippen LogP contribution is 2.22. The first-order valence-electron chi connectivity index (χ1n) is 18.1. The van der Waals surface area contributed by atoms with Gasteiger partial charge in [-0.25, -0.2) is 0 Å². The Labute approximate surface area is 273 Å². The van der Waals surface area contributed by atoms with Crippen LogP contribution in [-0.2, 0) is 14.3 Å². The van der Waals surface area contributed by atoms with Gasteiger partial charge in [0.15, 0.2) is 6.29 Å². The predicted octanol–water partition coefficient (Wildman–Crippen LogP) is 5.60. The lowest BCUT2D eigenvalue weighted by Gasteiger charge is -2.40. The van der Waals surface area contributed by atoms with E-state index >= 15 is 0 Å². The van der Waals surface area contributed by atoms with Gasteiger partial charge in [0.25, 0.3) is 0 Å². The van der Waals surface area contributed by atoms with Gasteiger partial charge in [-0.3, -0.25) is 4.79 Å². The molecule has 0 radical (unpaired) electrons. The van der Waals surface area contributed by atoms with Gasteiger partial charge in [-0.1, -0.05) is 122 Å². The van der Waals surface area contributed by atoms with E-state index in [9.17, 15) is 30.3 Å². The van der Waals surface area contributed by atoms with Crippen molar-refractivity contribution in [2.75, 3.05) is 13.2 Å². The van der Waals surface area contributed by atoms with Crippen LogP contribution >= 0.6 is 0 Å². The van der Waals surface area contributed by atoms with Gasteiger partial charge in [0.05, 0.1) is 25.4 Å². The number of amides is 1. The van der Waals surface area contributed by atoms with Crippen LogP contribution in [0.3, 0.4) is 0 Å². The van der Waals surface area contributed by atoms with Crippen LogP contribution in [0.5, 0.6) is 0 Å². The normalized spacial score (nSPS) is 23.6. The molecule has 0 aromatic rings. The number of carbonyl (C=O) groups excluding carboxylic acids is 1. The maximum atomic E-state index is 12.8. The van der Waals surface area contributed by atoms with E-state index in [2.05, 4.69) is 31.3 Å². The number of carbonyl (C=O) groups is 1. The second-order valence-corrected chi connectivity index (χ2v) is 12.7. The lowest BCUT2D eigenvalue weighted by molar-refractivity contribution is -0.302. The van der Waals surface area contributed by atoms with Gasteiger partial charge in [-0.15, -0.1) is 0 Å². The first kappa shape index (κ1) is 41.7. The molecule has 1 aliphatic heterocycles. The van der Waals surface area contributed by atoms with Crippen LogP contribution in [0.1, 0.15) is 142 Å². The zero-order chi connectivity index (χ0) is 33.1. The Bertz CT molecular complexity index is 761. The van der Waals surface area contributed by atoms with Gasteiger partial charge < -0.3 is 40.3 Å². The highest BCUT2D eigenvalue weighted by Gasteiger charge is 2.44. The maximum Gasteiger partial charge on any atom is 0.220 e. The minimum Gasteiger partial charge on any atom is -0.394 e. The Kier molecular flexibility index (Phi) is 25.7. The van der Waals surface area contributed by atoms with E-state index < -0.39 is 49.5 Å². The molecule has 0 saturated carbocycles. The molecule has 0 spiro atoms. The number of aliphatic hydroxyl groups is 5. The second kappa shape index (κ2) is 27.8. The minimum atomic E-state index is -1.56. The topological polar surface area (TPSA) is 149 Å². The van der Waals surface area contributed by atoms with Crippen molar-refractivity contribution in [2.24, 2.45) is 0 Å². The standard InChI is InChI=1S/C36H67NO8/c1-3-5-7-9-11-13-15-16-17-19-21-23-25-30(39)29(28-44-36-35(43)34(42)33(41)31(27-38)45-36)37-32(40)26-24-22-20-18-14-12-10-8-6-4-2/h10,12,23,25,29-31,33-36,38-39,41-43H,3-9,11,13-22,24,26-28H2,1-2H3,(H,37,40)/b12-10-,25-23+. The Morgan fingerprint density at radius 3 is 1.87 bits per heavy atom. The lowest BCUT2D eigenvalue weighted by atomic mass is 9.99. The van der Waals surface area contributed by atoms with Crippen molar-refractivity contribution in [2.45, 2.75) is 185 Å². The van der Waals surface area contributed by atoms with Crippen LogP contribution in [0.2, 0.25) is 0 Å². The van der Waals surface area contributed by atoms with Crippen molar-refractivity contribution < 1.29 is 39.8 Å². The lowest BCUT2D eigenvalue weighted by Crippen LogP contribution is -2.60. The number of unbranched alkanes of at least 4 members (excludes halogenated alkanes) is 16. The summed E-state index contributed by atoms with van der Waals surface area (Å²) >= 11 is 0. The number of hydrogen-bond acceptors (Lipinski definition) is 8. The highest BCUT2D eigenvalue weighted by molar-refractivity contribution is 5.76. The monoisotopic (exact) mass is 641 g/mol. The van der Waals surface area contributed by atoms with Crippen LogP contribution in [0.25, 0.3) is 0 Å². The van der Waals surface area contributed by atoms with E-state index in [4.69, 9.17) is 9.47 Å². The first-order valence-corrected chi connectivity index (χ1v) is 18.1. The zero-order valence-corrected chi connectivity index (χ0v) is 28.4. The number of allylic oxidation sites excluding steroid dienone is 3. The van der Waals surface area contributed by atoms with Crippen LogP contribution < -0.4 is 5.32 Å². The Hall–Kier alpha value is -1.33. The summed E-state index contributed by atoms with van der Waals surface area (Å²) in [5.74, 6) is -0.195. The van der Waals surface area contributed by atoms with Gasteiger partial charge >= 0.3 is 0 Å². The molecule has 9 nitrogen and oxygen atoms in total. The second-order valence-electron chi connectivity index (χ2n) is 12.7. The van der Waals surface area contributed by atoms with Gasteiger partial charge in [0.1, 0.15) is 24.4 Å². The molecule has 7 unspecified atom stereocenters. The van der Waals surface area contributed by atoms with Crippen LogP contribution in [0.4, 0.5) is 0 Å². The third kappa shape index (κ3) is 19.8. The molecular weight excluding hydrogens is 574 g/mol. The smallest absolute Gasteiger partial charge is 0.220 e. The molecular formula is C36H67NO8. The fourth-order valence-corrected chi connectivity index (χ4v) is 5.49. The Balaban J connectivity index is 2.52. The maximum absolute atomic E-state index is 12.8. The van der Waals surface area contributed by atoms with Crippen molar-refractivity contribution >= 4 is 5.91 Å². The summed E-state index contributed by atoms with van der Waals surface area (Å²) < 4.78 is 11.1. The predicted molar refractivity (Wildman–Crippen MR) is 180 cm³/mol. The number of hydrogen-bond donors (Lipinski definition) is 6. The Morgan fingerprint density at radius 2 is 1.27 bits per heavy atom. The fourth-order valence-electron chi connectivity index (χ4n) is 5.49. The van der Waals surface area contributed by atoms with E-state index in [-0.39, 0.29) is 12.5 Å². The average Bonchev–Trinajstić information content (AvgIpc) is 3.04. The Morgan fingerprint density at radius 1 is 0.733 bits per heavy atom. The molecule has 264 valence electrons. The van der Waals surface area contributed by atoms with Crippen molar-refractivity contribution in [1.29, 1.82) is 0 Å². The van der Waals surface area contributed by atoms with Crippen molar-refractivity contribution in [1.82, 2.24) is 5.32 Å². The van der Waals surface area contributed by atoms with Gasteiger partial charge in [0, 0.05) is 6.42 Å². The first-order chi connectivity index (χ1) is 21.8. The average molecular weight is 642 g/mol. The number of nitrogens with one attached hydrogen (secondary N) is 1. The van der Waals surface area contributed by atoms with Gasteiger partial charge in [0.2, 0.25) is 5.91 Å². The summed E-state index contributed by atoms with van der Waals surface area (Å²) in [5.41, 5.74) is 0. The summed E-state index contributed by atoms with van der Waals surface area (Å²) in [5, 5.41) is 53.7. The molecule has 1 amide bonds. The molecule has 9 heteroatoms. The summed E-state index contributed by atoms with van der Waals surface area (Å²) in [4.78, 5) is 12.8. The van der Waals surface area contributed by atoms with Crippen molar-refractivity contribution in [3.8, 4) is 0 Å². The van der Waals surface area contributed by atoms with Crippen LogP contribution in [-0.4, -0.2) is 87.5 Å². The highest BCUT2D eigenvalue weighted by atomic mass is 16.7. The molecule has 0 aromatic heterocycles. The van der Waals surface area contributed by atoms with Crippen molar-refractivity contribution in [3.63, 3.8) is 0 Å². The molecule has 1 fully saturated rings. The summed E-state index contributed by atoms with van der Waals surface area (Å²) in [6.07, 6.45) is 22.2. The van der Waals surface area contributed by atoms with E-state index in [1.165, 1.54) is 64.2 Å². The SMILES string of the molecule is CCCC/C=C\CCCCCCC(=O)NC(COC1OC(CO)C(O)C(O)C1O)C(O)/C=C/CCCCCCCCCCCC. The zero-order valence-electron chi connectivity index (χ0n) is 28.4. The molecule has 0 bridgehead atoms. The molecule has 45 heavy (non-hydrogen) atoms. The molecule has 1 heterocycles. The molecule has 1 rings (SSSR count). The third-order valence-electron chi connectivity index (χ3n) is 8.52. The molecule has 0 aromatic carbocycles. The number of aliphatic hydroxyl groups excluding tert-OH is 5. The van der Waals surface area contributed by atoms with E-state index in [1.807, 2.05) is 6.08 Å². The summed E-state index contributed by atoms with van der Waals surface area (Å²) in [6, 6.07) is -0.804. The summed E-state index contributed by atoms with van der Waals surface area (Å²) in [7, 11) is 0. The van der Waals surface area contributed by atoms with Gasteiger partial charge in [-0.05, 0) is 38.5 Å². The van der Waals surface area contributed by atoms with Gasteiger partial charge in [-0.2, -0.15) is 0 Å². The summed E-state index contributed by atoms with van der Waals surface area (Å²) in [6.45, 7) is 3.67. The van der Waals surface area contributed by atoms with E-state index in [0.29, 0.717) is 6.42 Å². The molecule has 6 N–H and O–H groups in total. The van der Waals surface area contributed by atoms with Crippen LogP contribution in [0, 0.1) is 0 Å². The third-order valence-corrected chi connectivity index (χ3v) is 8.52. The number of rotatable bonds is 28. The van der Waals surface area contributed by atoms with Crippen LogP contribution in [0.15, 0.2) is 24.3 Å². The minimum absolute atomic E-state index is 0.192. The molecule has 0 aliphatic carbocycles. The molecule has 7 atom stereocenters. The van der Waals surface area contributed by atoms with Crippen molar-refractivity contribution in [3.05, 3.63) is 24.3 Å². The fraction of sp³-hybridized carbons (Fsp3) is 0.861. The van der Waals surface area contributed by atoms with E-state index in [1.54, 1.807) is 6.08 Å². The van der Waals surface area contributed by atoms with E-state index in [0.717, 1.165) is 57.8 Å². The quantitative estimate of drug-likeness (QED) is 0.0478. The largest absolute Gasteiger partial charge is 0.394 e. The molecule has 1 aliphatic rings. The molecule has 1 saturated heterocycles.